The highest BCUT2D eigenvalue weighted by Gasteiger charge is 2.36. The van der Waals surface area contributed by atoms with Gasteiger partial charge in [-0.25, -0.2) is 13.2 Å². The van der Waals surface area contributed by atoms with E-state index in [-0.39, 0.29) is 17.4 Å². The number of sulfone groups is 1. The van der Waals surface area contributed by atoms with Gasteiger partial charge in [-0.15, -0.1) is 0 Å². The molecule has 1 heterocycles. The van der Waals surface area contributed by atoms with Gasteiger partial charge in [0.25, 0.3) is 11.8 Å². The van der Waals surface area contributed by atoms with Crippen LogP contribution in [0.4, 0.5) is 0 Å². The third-order valence-corrected chi connectivity index (χ3v) is 7.02. The lowest BCUT2D eigenvalue weighted by molar-refractivity contribution is -0.161. The predicted molar refractivity (Wildman–Crippen MR) is 113 cm³/mol. The molecule has 2 rings (SSSR count). The summed E-state index contributed by atoms with van der Waals surface area (Å²) < 4.78 is 28.6. The Hall–Kier alpha value is -2.42. The van der Waals surface area contributed by atoms with Gasteiger partial charge in [0, 0.05) is 18.7 Å². The molecule has 0 aromatic heterocycles. The number of hydrogen-bond acceptors (Lipinski definition) is 6. The van der Waals surface area contributed by atoms with Crippen LogP contribution in [-0.2, 0) is 24.2 Å². The van der Waals surface area contributed by atoms with Crippen molar-refractivity contribution in [3.05, 3.63) is 35.4 Å². The van der Waals surface area contributed by atoms with E-state index in [2.05, 4.69) is 5.32 Å². The molecule has 0 bridgehead atoms. The molecule has 1 aliphatic heterocycles. The molecule has 0 aliphatic carbocycles. The van der Waals surface area contributed by atoms with E-state index in [1.165, 1.54) is 18.9 Å². The number of benzene rings is 1. The highest BCUT2D eigenvalue weighted by Crippen LogP contribution is 2.18. The highest BCUT2D eigenvalue weighted by molar-refractivity contribution is 7.91. The molecule has 1 aliphatic rings. The van der Waals surface area contributed by atoms with Crippen molar-refractivity contribution in [2.75, 3.05) is 18.6 Å². The van der Waals surface area contributed by atoms with Gasteiger partial charge in [0.2, 0.25) is 0 Å². The van der Waals surface area contributed by atoms with Gasteiger partial charge in [0.05, 0.1) is 11.5 Å². The molecule has 1 aromatic carbocycles. The normalized spacial score (nSPS) is 19.7. The fourth-order valence-electron chi connectivity index (χ4n) is 3.27. The number of amides is 2. The Labute approximate surface area is 177 Å². The van der Waals surface area contributed by atoms with Crippen molar-refractivity contribution in [2.45, 2.75) is 52.3 Å². The van der Waals surface area contributed by atoms with E-state index >= 15 is 0 Å². The van der Waals surface area contributed by atoms with Crippen LogP contribution in [0.25, 0.3) is 0 Å². The van der Waals surface area contributed by atoms with Crippen LogP contribution in [0.15, 0.2) is 24.3 Å². The van der Waals surface area contributed by atoms with Crippen molar-refractivity contribution in [1.29, 1.82) is 0 Å². The van der Waals surface area contributed by atoms with E-state index in [0.29, 0.717) is 12.0 Å². The van der Waals surface area contributed by atoms with Crippen LogP contribution in [-0.4, -0.2) is 67.8 Å². The summed E-state index contributed by atoms with van der Waals surface area (Å²) in [6.07, 6.45) is -0.727. The van der Waals surface area contributed by atoms with E-state index in [0.717, 1.165) is 5.56 Å². The summed E-state index contributed by atoms with van der Waals surface area (Å²) >= 11 is 0. The maximum atomic E-state index is 12.7. The Morgan fingerprint density at radius 3 is 2.23 bits per heavy atom. The second-order valence-corrected chi connectivity index (χ2v) is 10.4. The second kappa shape index (κ2) is 9.59. The number of nitrogens with zero attached hydrogens (tertiary/aromatic N) is 1. The number of nitrogens with one attached hydrogen (secondary N) is 1. The lowest BCUT2D eigenvalue weighted by atomic mass is 10.0. The SMILES string of the molecule is Cc1ccc(C(=O)N[C@H](C(=O)O[C@@H](C)C(=O)N(C)[C@@H]2CCS(=O)(=O)C2)C(C)C)cc1. The van der Waals surface area contributed by atoms with Crippen LogP contribution < -0.4 is 5.32 Å². The third kappa shape index (κ3) is 6.04. The van der Waals surface area contributed by atoms with Gasteiger partial charge in [-0.1, -0.05) is 31.5 Å². The van der Waals surface area contributed by atoms with Crippen LogP contribution in [0.1, 0.15) is 43.1 Å². The summed E-state index contributed by atoms with van der Waals surface area (Å²) in [4.78, 5) is 39.1. The minimum atomic E-state index is -3.14. The van der Waals surface area contributed by atoms with Gasteiger partial charge in [-0.3, -0.25) is 9.59 Å². The van der Waals surface area contributed by atoms with E-state index in [4.69, 9.17) is 4.74 Å². The van der Waals surface area contributed by atoms with Crippen molar-refractivity contribution >= 4 is 27.6 Å². The van der Waals surface area contributed by atoms with Crippen LogP contribution in [0.2, 0.25) is 0 Å². The fraction of sp³-hybridized carbons (Fsp3) is 0.571. The van der Waals surface area contributed by atoms with Crippen LogP contribution in [0.5, 0.6) is 0 Å². The minimum absolute atomic E-state index is 0.0456. The summed E-state index contributed by atoms with van der Waals surface area (Å²) in [5.74, 6) is -1.89. The molecule has 9 heteroatoms. The van der Waals surface area contributed by atoms with Crippen molar-refractivity contribution in [3.63, 3.8) is 0 Å². The predicted octanol–water partition coefficient (Wildman–Crippen LogP) is 1.33. The summed E-state index contributed by atoms with van der Waals surface area (Å²) in [5.41, 5.74) is 1.43. The molecule has 0 spiro atoms. The number of likely N-dealkylation sites (N-methyl/N-ethyl adjacent to an activating group) is 1. The molecule has 8 nitrogen and oxygen atoms in total. The van der Waals surface area contributed by atoms with Crippen LogP contribution in [0.3, 0.4) is 0 Å². The maximum Gasteiger partial charge on any atom is 0.329 e. The van der Waals surface area contributed by atoms with Gasteiger partial charge in [-0.05, 0) is 38.3 Å². The number of rotatable bonds is 7. The molecule has 1 aromatic rings. The first kappa shape index (κ1) is 23.9. The molecule has 1 fully saturated rings. The lowest BCUT2D eigenvalue weighted by Gasteiger charge is -2.28. The molecular formula is C21H30N2O6S. The quantitative estimate of drug-likeness (QED) is 0.643. The summed E-state index contributed by atoms with van der Waals surface area (Å²) in [7, 11) is -1.63. The second-order valence-electron chi connectivity index (χ2n) is 8.15. The molecule has 0 radical (unpaired) electrons. The molecule has 1 N–H and O–H groups in total. The third-order valence-electron chi connectivity index (χ3n) is 5.27. The number of esters is 1. The summed E-state index contributed by atoms with van der Waals surface area (Å²) in [6.45, 7) is 6.89. The molecule has 166 valence electrons. The zero-order chi connectivity index (χ0) is 22.6. The van der Waals surface area contributed by atoms with Gasteiger partial charge < -0.3 is 15.0 Å². The molecule has 2 amide bonds. The van der Waals surface area contributed by atoms with E-state index in [1.54, 1.807) is 38.1 Å². The molecular weight excluding hydrogens is 408 g/mol. The van der Waals surface area contributed by atoms with Gasteiger partial charge in [-0.2, -0.15) is 0 Å². The molecule has 1 saturated heterocycles. The Kier molecular flexibility index (Phi) is 7.63. The Bertz CT molecular complexity index is 895. The number of carbonyl (C=O) groups is 3. The maximum absolute atomic E-state index is 12.7. The summed E-state index contributed by atoms with van der Waals surface area (Å²) in [5, 5.41) is 2.67. The van der Waals surface area contributed by atoms with Crippen molar-refractivity contribution in [3.8, 4) is 0 Å². The molecule has 0 unspecified atom stereocenters. The van der Waals surface area contributed by atoms with Crippen LogP contribution >= 0.6 is 0 Å². The number of carbonyl (C=O) groups excluding carboxylic acids is 3. The van der Waals surface area contributed by atoms with Gasteiger partial charge in [0.15, 0.2) is 15.9 Å². The average Bonchev–Trinajstić information content (AvgIpc) is 3.04. The zero-order valence-electron chi connectivity index (χ0n) is 18.0. The smallest absolute Gasteiger partial charge is 0.329 e. The summed E-state index contributed by atoms with van der Waals surface area (Å²) in [6, 6.07) is 5.60. The molecule has 30 heavy (non-hydrogen) atoms. The monoisotopic (exact) mass is 438 g/mol. The van der Waals surface area contributed by atoms with Crippen molar-refractivity contribution < 1.29 is 27.5 Å². The van der Waals surface area contributed by atoms with Gasteiger partial charge in [0.1, 0.15) is 6.04 Å². The highest BCUT2D eigenvalue weighted by atomic mass is 32.2. The molecule has 0 saturated carbocycles. The number of ether oxygens (including phenoxy) is 1. The first-order valence-electron chi connectivity index (χ1n) is 9.96. The molecule has 3 atom stereocenters. The standard InChI is InChI=1S/C21H30N2O6S/c1-13(2)18(22-19(24)16-8-6-14(3)7-9-16)21(26)29-15(4)20(25)23(5)17-10-11-30(27,28)12-17/h6-9,13,15,17-18H,10-12H2,1-5H3,(H,22,24)/t15-,17+,18-/m0/s1. The van der Waals surface area contributed by atoms with E-state index < -0.39 is 45.8 Å². The lowest BCUT2D eigenvalue weighted by Crippen LogP contribution is -2.49. The van der Waals surface area contributed by atoms with E-state index in [1.807, 2.05) is 6.92 Å². The Balaban J connectivity index is 2.00. The largest absolute Gasteiger partial charge is 0.451 e. The Morgan fingerprint density at radius 2 is 1.73 bits per heavy atom. The first-order chi connectivity index (χ1) is 13.9. The van der Waals surface area contributed by atoms with Crippen molar-refractivity contribution in [1.82, 2.24) is 10.2 Å². The van der Waals surface area contributed by atoms with Crippen LogP contribution in [0, 0.1) is 12.8 Å². The van der Waals surface area contributed by atoms with Gasteiger partial charge >= 0.3 is 5.97 Å². The van der Waals surface area contributed by atoms with E-state index in [9.17, 15) is 22.8 Å². The Morgan fingerprint density at radius 1 is 1.13 bits per heavy atom. The number of hydrogen-bond donors (Lipinski definition) is 1. The van der Waals surface area contributed by atoms with Crippen molar-refractivity contribution in [2.24, 2.45) is 5.92 Å². The average molecular weight is 439 g/mol. The zero-order valence-corrected chi connectivity index (χ0v) is 18.9. The minimum Gasteiger partial charge on any atom is -0.451 e. The first-order valence-corrected chi connectivity index (χ1v) is 11.8. The fourth-order valence-corrected chi connectivity index (χ4v) is 5.05. The number of aryl methyl sites for hydroxylation is 1. The topological polar surface area (TPSA) is 110 Å².